The quantitative estimate of drug-likeness (QED) is 0.430. The topological polar surface area (TPSA) is 59.8 Å². The lowest BCUT2D eigenvalue weighted by Crippen LogP contribution is -2.42. The molecule has 2 unspecified atom stereocenters. The van der Waals surface area contributed by atoms with E-state index in [4.69, 9.17) is 14.6 Å². The summed E-state index contributed by atoms with van der Waals surface area (Å²) in [5.41, 5.74) is 1.59. The van der Waals surface area contributed by atoms with Crippen molar-refractivity contribution in [2.45, 2.75) is 38.0 Å². The van der Waals surface area contributed by atoms with Crippen molar-refractivity contribution >= 4 is 0 Å². The highest BCUT2D eigenvalue weighted by atomic mass is 19.1. The second kappa shape index (κ2) is 10.5. The molecule has 1 aliphatic rings. The van der Waals surface area contributed by atoms with Crippen LogP contribution in [-0.4, -0.2) is 51.2 Å². The minimum absolute atomic E-state index is 0.110. The van der Waals surface area contributed by atoms with Crippen LogP contribution < -0.4 is 4.74 Å². The molecule has 6 nitrogen and oxygen atoms in total. The third-order valence-electron chi connectivity index (χ3n) is 6.01. The summed E-state index contributed by atoms with van der Waals surface area (Å²) in [6.07, 6.45) is 3.70. The number of aromatic nitrogens is 2. The van der Waals surface area contributed by atoms with Crippen LogP contribution in [0.5, 0.6) is 11.6 Å². The van der Waals surface area contributed by atoms with Crippen LogP contribution in [0.15, 0.2) is 67.3 Å². The number of ether oxygens (including phenoxy) is 2. The minimum Gasteiger partial charge on any atom is -0.439 e. The average Bonchev–Trinajstić information content (AvgIpc) is 3.44. The molecule has 0 saturated carbocycles. The molecule has 0 aliphatic carbocycles. The molecule has 2 atom stereocenters. The molecule has 1 aliphatic heterocycles. The van der Waals surface area contributed by atoms with E-state index in [2.05, 4.69) is 11.5 Å². The van der Waals surface area contributed by atoms with Crippen molar-refractivity contribution in [3.63, 3.8) is 0 Å². The van der Waals surface area contributed by atoms with Gasteiger partial charge in [-0.05, 0) is 44.0 Å². The average molecular weight is 466 g/mol. The predicted octanol–water partition coefficient (Wildman–Crippen LogP) is 4.94. The van der Waals surface area contributed by atoms with Gasteiger partial charge in [-0.25, -0.2) is 9.07 Å². The molecular formula is C27H32FN3O3. The molecule has 4 rings (SSSR count). The van der Waals surface area contributed by atoms with E-state index in [1.807, 2.05) is 37.4 Å². The first-order valence-electron chi connectivity index (χ1n) is 11.6. The first-order valence-corrected chi connectivity index (χ1v) is 11.6. The summed E-state index contributed by atoms with van der Waals surface area (Å²) in [4.78, 5) is 2.17. The summed E-state index contributed by atoms with van der Waals surface area (Å²) in [6, 6.07) is 15.9. The maximum Gasteiger partial charge on any atom is 0.222 e. The Bertz CT molecular complexity index is 1090. The number of hydrogen-bond acceptors (Lipinski definition) is 5. The van der Waals surface area contributed by atoms with Crippen molar-refractivity contribution in [2.75, 3.05) is 19.7 Å². The SMILES string of the molecule is C=CC(C)(O)CN(Cc1c(-c2ccccc2)nn(C)c1Oc1ccc(F)cc1)CC1CCCO1. The van der Waals surface area contributed by atoms with Crippen LogP contribution in [-0.2, 0) is 18.3 Å². The Morgan fingerprint density at radius 1 is 1.26 bits per heavy atom. The smallest absolute Gasteiger partial charge is 0.222 e. The number of aliphatic hydroxyl groups is 1. The van der Waals surface area contributed by atoms with E-state index < -0.39 is 5.60 Å². The van der Waals surface area contributed by atoms with Crippen molar-refractivity contribution in [2.24, 2.45) is 7.05 Å². The largest absolute Gasteiger partial charge is 0.439 e. The minimum atomic E-state index is -1.06. The Hall–Kier alpha value is -3.00. The molecule has 0 spiro atoms. The molecule has 0 radical (unpaired) electrons. The highest BCUT2D eigenvalue weighted by Gasteiger charge is 2.28. The predicted molar refractivity (Wildman–Crippen MR) is 130 cm³/mol. The fourth-order valence-corrected chi connectivity index (χ4v) is 4.27. The van der Waals surface area contributed by atoms with Gasteiger partial charge in [0.1, 0.15) is 17.3 Å². The van der Waals surface area contributed by atoms with E-state index in [-0.39, 0.29) is 11.9 Å². The molecule has 7 heteroatoms. The van der Waals surface area contributed by atoms with E-state index in [0.29, 0.717) is 31.3 Å². The van der Waals surface area contributed by atoms with Gasteiger partial charge in [-0.3, -0.25) is 4.90 Å². The molecule has 1 aromatic heterocycles. The lowest BCUT2D eigenvalue weighted by Gasteiger charge is -2.31. The molecule has 1 fully saturated rings. The lowest BCUT2D eigenvalue weighted by atomic mass is 10.0. The molecule has 3 aromatic rings. The Morgan fingerprint density at radius 2 is 2.00 bits per heavy atom. The number of benzene rings is 2. The van der Waals surface area contributed by atoms with Crippen LogP contribution in [0.25, 0.3) is 11.3 Å². The summed E-state index contributed by atoms with van der Waals surface area (Å²) >= 11 is 0. The van der Waals surface area contributed by atoms with Crippen molar-refractivity contribution in [1.29, 1.82) is 0 Å². The van der Waals surface area contributed by atoms with Crippen molar-refractivity contribution in [3.8, 4) is 22.9 Å². The molecule has 180 valence electrons. The van der Waals surface area contributed by atoms with Gasteiger partial charge in [0.15, 0.2) is 0 Å². The standard InChI is InChI=1S/C27H32FN3O3/c1-4-27(2,32)19-31(17-23-11-8-16-33-23)18-24-25(20-9-6-5-7-10-20)29-30(3)26(24)34-22-14-12-21(28)13-15-22/h4-7,9-10,12-15,23,32H,1,8,11,16-19H2,2-3H3. The molecular weight excluding hydrogens is 433 g/mol. The molecule has 0 bridgehead atoms. The summed E-state index contributed by atoms with van der Waals surface area (Å²) in [7, 11) is 1.83. The van der Waals surface area contributed by atoms with Crippen molar-refractivity contribution < 1.29 is 19.0 Å². The van der Waals surface area contributed by atoms with E-state index in [9.17, 15) is 9.50 Å². The van der Waals surface area contributed by atoms with E-state index >= 15 is 0 Å². The Labute approximate surface area is 200 Å². The second-order valence-corrected chi connectivity index (χ2v) is 9.04. The van der Waals surface area contributed by atoms with Gasteiger partial charge in [0.2, 0.25) is 5.88 Å². The van der Waals surface area contributed by atoms with Gasteiger partial charge in [-0.15, -0.1) is 6.58 Å². The first kappa shape index (κ1) is 24.1. The fourth-order valence-electron chi connectivity index (χ4n) is 4.27. The van der Waals surface area contributed by atoms with Crippen molar-refractivity contribution in [1.82, 2.24) is 14.7 Å². The molecule has 0 amide bonds. The van der Waals surface area contributed by atoms with E-state index in [0.717, 1.165) is 36.3 Å². The van der Waals surface area contributed by atoms with Crippen molar-refractivity contribution in [3.05, 3.63) is 78.6 Å². The molecule has 34 heavy (non-hydrogen) atoms. The Kier molecular flexibility index (Phi) is 7.46. The van der Waals surface area contributed by atoms with E-state index in [1.54, 1.807) is 29.8 Å². The zero-order chi connectivity index (χ0) is 24.1. The normalized spacial score (nSPS) is 17.6. The highest BCUT2D eigenvalue weighted by Crippen LogP contribution is 2.34. The summed E-state index contributed by atoms with van der Waals surface area (Å²) in [6.45, 7) is 7.84. The third kappa shape index (κ3) is 5.91. The summed E-state index contributed by atoms with van der Waals surface area (Å²) in [5, 5.41) is 15.6. The third-order valence-corrected chi connectivity index (χ3v) is 6.01. The zero-order valence-corrected chi connectivity index (χ0v) is 19.8. The lowest BCUT2D eigenvalue weighted by molar-refractivity contribution is 0.0241. The van der Waals surface area contributed by atoms with Crippen LogP contribution in [0.2, 0.25) is 0 Å². The van der Waals surface area contributed by atoms with Gasteiger partial charge in [0, 0.05) is 38.9 Å². The monoisotopic (exact) mass is 465 g/mol. The first-order chi connectivity index (χ1) is 16.3. The molecule has 1 saturated heterocycles. The van der Waals surface area contributed by atoms with Gasteiger partial charge in [0.25, 0.3) is 0 Å². The molecule has 2 heterocycles. The van der Waals surface area contributed by atoms with Gasteiger partial charge in [-0.2, -0.15) is 5.10 Å². The number of hydrogen-bond donors (Lipinski definition) is 1. The zero-order valence-electron chi connectivity index (χ0n) is 19.8. The van der Waals surface area contributed by atoms with Crippen LogP contribution >= 0.6 is 0 Å². The fraction of sp³-hybridized carbons (Fsp3) is 0.370. The molecule has 1 N–H and O–H groups in total. The van der Waals surface area contributed by atoms with Crippen LogP contribution in [0.4, 0.5) is 4.39 Å². The number of aryl methyl sites for hydroxylation is 1. The Morgan fingerprint density at radius 3 is 2.65 bits per heavy atom. The summed E-state index contributed by atoms with van der Waals surface area (Å²) in [5.74, 6) is 0.770. The maximum atomic E-state index is 13.4. The number of halogens is 1. The van der Waals surface area contributed by atoms with Gasteiger partial charge < -0.3 is 14.6 Å². The van der Waals surface area contributed by atoms with Crippen LogP contribution in [0.3, 0.4) is 0 Å². The van der Waals surface area contributed by atoms with Gasteiger partial charge in [-0.1, -0.05) is 36.4 Å². The summed E-state index contributed by atoms with van der Waals surface area (Å²) < 4.78 is 27.3. The van der Waals surface area contributed by atoms with Gasteiger partial charge in [0.05, 0.1) is 17.3 Å². The number of rotatable bonds is 10. The van der Waals surface area contributed by atoms with E-state index in [1.165, 1.54) is 12.1 Å². The van der Waals surface area contributed by atoms with Gasteiger partial charge >= 0.3 is 0 Å². The number of nitrogens with zero attached hydrogens (tertiary/aromatic N) is 3. The second-order valence-electron chi connectivity index (χ2n) is 9.04. The molecule has 2 aromatic carbocycles. The maximum absolute atomic E-state index is 13.4. The van der Waals surface area contributed by atoms with Crippen LogP contribution in [0.1, 0.15) is 25.3 Å². The van der Waals surface area contributed by atoms with Crippen LogP contribution in [0, 0.1) is 5.82 Å². The highest BCUT2D eigenvalue weighted by molar-refractivity contribution is 5.65. The Balaban J connectivity index is 1.72.